The van der Waals surface area contributed by atoms with E-state index in [9.17, 15) is 14.4 Å². The number of benzene rings is 1. The van der Waals surface area contributed by atoms with Gasteiger partial charge in [-0.25, -0.2) is 0 Å². The molecule has 0 saturated heterocycles. The number of aryl methyl sites for hydroxylation is 1. The highest BCUT2D eigenvalue weighted by atomic mass is 16.5. The molecule has 6 nitrogen and oxygen atoms in total. The Morgan fingerprint density at radius 3 is 2.50 bits per heavy atom. The predicted molar refractivity (Wildman–Crippen MR) is 75.4 cm³/mol. The molecular weight excluding hydrogens is 260 g/mol. The monoisotopic (exact) mass is 278 g/mol. The molecule has 0 heterocycles. The molecule has 0 aliphatic rings. The van der Waals surface area contributed by atoms with Crippen LogP contribution in [-0.2, 0) is 19.1 Å². The Hall–Kier alpha value is -2.37. The van der Waals surface area contributed by atoms with Gasteiger partial charge in [-0.1, -0.05) is 6.07 Å². The first-order valence-corrected chi connectivity index (χ1v) is 6.26. The predicted octanol–water partition coefficient (Wildman–Crippen LogP) is 1.85. The van der Waals surface area contributed by atoms with Crippen LogP contribution in [0, 0.1) is 6.92 Å². The van der Waals surface area contributed by atoms with Gasteiger partial charge >= 0.3 is 5.97 Å². The maximum absolute atomic E-state index is 11.7. The van der Waals surface area contributed by atoms with Crippen molar-refractivity contribution in [2.75, 3.05) is 17.2 Å². The van der Waals surface area contributed by atoms with Crippen molar-refractivity contribution in [2.24, 2.45) is 0 Å². The van der Waals surface area contributed by atoms with Gasteiger partial charge in [0.1, 0.15) is 6.42 Å². The smallest absolute Gasteiger partial charge is 0.315 e. The van der Waals surface area contributed by atoms with Crippen molar-refractivity contribution in [2.45, 2.75) is 27.2 Å². The first-order valence-electron chi connectivity index (χ1n) is 6.26. The van der Waals surface area contributed by atoms with Crippen LogP contribution < -0.4 is 10.6 Å². The Morgan fingerprint density at radius 1 is 1.20 bits per heavy atom. The first kappa shape index (κ1) is 15.7. The minimum atomic E-state index is -0.569. The van der Waals surface area contributed by atoms with E-state index in [-0.39, 0.29) is 18.9 Å². The van der Waals surface area contributed by atoms with E-state index in [1.807, 2.05) is 6.92 Å². The Labute approximate surface area is 117 Å². The molecular formula is C14H18N2O4. The zero-order chi connectivity index (χ0) is 15.1. The topological polar surface area (TPSA) is 84.5 Å². The second-order valence-corrected chi connectivity index (χ2v) is 4.24. The summed E-state index contributed by atoms with van der Waals surface area (Å²) in [5.41, 5.74) is 1.95. The molecule has 1 rings (SSSR count). The van der Waals surface area contributed by atoms with Crippen molar-refractivity contribution >= 4 is 29.2 Å². The summed E-state index contributed by atoms with van der Waals surface area (Å²) >= 11 is 0. The maximum atomic E-state index is 11.7. The molecule has 0 fully saturated rings. The molecule has 0 aliphatic heterocycles. The summed E-state index contributed by atoms with van der Waals surface area (Å²) < 4.78 is 4.70. The number of amides is 2. The standard InChI is InChI=1S/C14H18N2O4/c1-4-20-14(19)8-13(18)16-12-7-11(15-10(3)17)6-5-9(12)2/h5-7H,4,8H2,1-3H3,(H,15,17)(H,16,18). The van der Waals surface area contributed by atoms with Crippen molar-refractivity contribution in [3.05, 3.63) is 23.8 Å². The lowest BCUT2D eigenvalue weighted by molar-refractivity contribution is -0.145. The molecule has 0 unspecified atom stereocenters. The third-order valence-corrected chi connectivity index (χ3v) is 2.44. The zero-order valence-corrected chi connectivity index (χ0v) is 11.8. The van der Waals surface area contributed by atoms with Crippen LogP contribution in [0.15, 0.2) is 18.2 Å². The molecule has 0 spiro atoms. The molecule has 0 atom stereocenters. The lowest BCUT2D eigenvalue weighted by Crippen LogP contribution is -2.18. The molecule has 20 heavy (non-hydrogen) atoms. The quantitative estimate of drug-likeness (QED) is 0.636. The Morgan fingerprint density at radius 2 is 1.90 bits per heavy atom. The van der Waals surface area contributed by atoms with Gasteiger partial charge in [0.15, 0.2) is 0 Å². The number of carbonyl (C=O) groups excluding carboxylic acids is 3. The highest BCUT2D eigenvalue weighted by Gasteiger charge is 2.12. The van der Waals surface area contributed by atoms with Gasteiger partial charge in [0.2, 0.25) is 11.8 Å². The van der Waals surface area contributed by atoms with Crippen LogP contribution in [0.2, 0.25) is 0 Å². The van der Waals surface area contributed by atoms with Crippen molar-refractivity contribution in [1.29, 1.82) is 0 Å². The van der Waals surface area contributed by atoms with Crippen molar-refractivity contribution in [3.63, 3.8) is 0 Å². The number of nitrogens with one attached hydrogen (secondary N) is 2. The highest BCUT2D eigenvalue weighted by molar-refractivity contribution is 6.02. The fraction of sp³-hybridized carbons (Fsp3) is 0.357. The summed E-state index contributed by atoms with van der Waals surface area (Å²) in [4.78, 5) is 33.9. The van der Waals surface area contributed by atoms with Crippen molar-refractivity contribution in [3.8, 4) is 0 Å². The average Bonchev–Trinajstić information content (AvgIpc) is 2.32. The Balaban J connectivity index is 2.73. The lowest BCUT2D eigenvalue weighted by Gasteiger charge is -2.10. The van der Waals surface area contributed by atoms with E-state index in [1.54, 1.807) is 25.1 Å². The summed E-state index contributed by atoms with van der Waals surface area (Å²) in [6, 6.07) is 5.14. The van der Waals surface area contributed by atoms with Gasteiger partial charge < -0.3 is 15.4 Å². The molecule has 2 amide bonds. The van der Waals surface area contributed by atoms with Crippen molar-refractivity contribution < 1.29 is 19.1 Å². The van der Waals surface area contributed by atoms with Gasteiger partial charge in [0.05, 0.1) is 6.61 Å². The molecule has 2 N–H and O–H groups in total. The number of ether oxygens (including phenoxy) is 1. The SMILES string of the molecule is CCOC(=O)CC(=O)Nc1cc(NC(C)=O)ccc1C. The van der Waals surface area contributed by atoms with Crippen LogP contribution in [-0.4, -0.2) is 24.4 Å². The molecule has 0 radical (unpaired) electrons. The van der Waals surface area contributed by atoms with Gasteiger partial charge in [-0.15, -0.1) is 0 Å². The summed E-state index contributed by atoms with van der Waals surface area (Å²) in [6.45, 7) is 5.14. The van der Waals surface area contributed by atoms with Gasteiger partial charge in [0.25, 0.3) is 0 Å². The van der Waals surface area contributed by atoms with Crippen LogP contribution in [0.25, 0.3) is 0 Å². The Kier molecular flexibility index (Phi) is 5.71. The summed E-state index contributed by atoms with van der Waals surface area (Å²) in [7, 11) is 0. The molecule has 0 bridgehead atoms. The number of hydrogen-bond donors (Lipinski definition) is 2. The van der Waals surface area contributed by atoms with Gasteiger partial charge in [-0.05, 0) is 31.5 Å². The Bertz CT molecular complexity index is 526. The zero-order valence-electron chi connectivity index (χ0n) is 11.8. The van der Waals surface area contributed by atoms with E-state index in [4.69, 9.17) is 4.74 Å². The summed E-state index contributed by atoms with van der Waals surface area (Å²) in [5, 5.41) is 5.25. The minimum absolute atomic E-state index is 0.197. The van der Waals surface area contributed by atoms with Gasteiger partial charge in [-0.2, -0.15) is 0 Å². The molecule has 1 aromatic rings. The van der Waals surface area contributed by atoms with Crippen LogP contribution >= 0.6 is 0 Å². The van der Waals surface area contributed by atoms with E-state index >= 15 is 0 Å². The number of anilines is 2. The summed E-state index contributed by atoms with van der Waals surface area (Å²) in [5.74, 6) is -1.22. The summed E-state index contributed by atoms with van der Waals surface area (Å²) in [6.07, 6.45) is -0.336. The molecule has 1 aromatic carbocycles. The lowest BCUT2D eigenvalue weighted by atomic mass is 10.1. The molecule has 0 aliphatic carbocycles. The van der Waals surface area contributed by atoms with Crippen LogP contribution in [0.3, 0.4) is 0 Å². The average molecular weight is 278 g/mol. The van der Waals surface area contributed by atoms with E-state index in [1.165, 1.54) is 6.92 Å². The highest BCUT2D eigenvalue weighted by Crippen LogP contribution is 2.20. The third kappa shape index (κ3) is 5.09. The minimum Gasteiger partial charge on any atom is -0.466 e. The molecule has 108 valence electrons. The van der Waals surface area contributed by atoms with Crippen LogP contribution in [0.4, 0.5) is 11.4 Å². The number of rotatable bonds is 5. The maximum Gasteiger partial charge on any atom is 0.315 e. The van der Waals surface area contributed by atoms with E-state index in [0.29, 0.717) is 11.4 Å². The first-order chi connectivity index (χ1) is 9.42. The normalized spacial score (nSPS) is 9.75. The van der Waals surface area contributed by atoms with Crippen LogP contribution in [0.1, 0.15) is 25.8 Å². The fourth-order valence-electron chi connectivity index (χ4n) is 1.58. The van der Waals surface area contributed by atoms with E-state index in [2.05, 4.69) is 10.6 Å². The van der Waals surface area contributed by atoms with Gasteiger partial charge in [0, 0.05) is 18.3 Å². The number of esters is 1. The number of carbonyl (C=O) groups is 3. The second-order valence-electron chi connectivity index (χ2n) is 4.24. The molecule has 6 heteroatoms. The largest absolute Gasteiger partial charge is 0.466 e. The second kappa shape index (κ2) is 7.28. The van der Waals surface area contributed by atoms with Gasteiger partial charge in [-0.3, -0.25) is 14.4 Å². The molecule has 0 saturated carbocycles. The number of hydrogen-bond acceptors (Lipinski definition) is 4. The fourth-order valence-corrected chi connectivity index (χ4v) is 1.58. The third-order valence-electron chi connectivity index (χ3n) is 2.44. The van der Waals surface area contributed by atoms with Crippen LogP contribution in [0.5, 0.6) is 0 Å². The van der Waals surface area contributed by atoms with E-state index < -0.39 is 11.9 Å². The van der Waals surface area contributed by atoms with E-state index in [0.717, 1.165) is 5.56 Å². The molecule has 0 aromatic heterocycles. The van der Waals surface area contributed by atoms with Crippen molar-refractivity contribution in [1.82, 2.24) is 0 Å².